The van der Waals surface area contributed by atoms with E-state index in [1.165, 1.54) is 12.0 Å². The van der Waals surface area contributed by atoms with E-state index in [9.17, 15) is 4.79 Å². The van der Waals surface area contributed by atoms with Crippen LogP contribution in [-0.2, 0) is 4.79 Å². The lowest BCUT2D eigenvalue weighted by Crippen LogP contribution is -2.53. The molecule has 3 heteroatoms. The summed E-state index contributed by atoms with van der Waals surface area (Å²) in [6.07, 6.45) is 3.93. The van der Waals surface area contributed by atoms with Gasteiger partial charge in [0.1, 0.15) is 5.54 Å². The molecule has 1 aromatic carbocycles. The lowest BCUT2D eigenvalue weighted by atomic mass is 9.71. The molecule has 0 bridgehead atoms. The minimum Gasteiger partial charge on any atom is -0.371 e. The number of aryl methyl sites for hydroxylation is 1. The molecule has 0 radical (unpaired) electrons. The van der Waals surface area contributed by atoms with Gasteiger partial charge >= 0.3 is 0 Å². The molecule has 1 aliphatic carbocycles. The summed E-state index contributed by atoms with van der Waals surface area (Å²) in [5.41, 5.74) is 7.36. The Morgan fingerprint density at radius 2 is 2.00 bits per heavy atom. The third kappa shape index (κ3) is 3.14. The van der Waals surface area contributed by atoms with E-state index in [4.69, 9.17) is 5.73 Å². The van der Waals surface area contributed by atoms with Gasteiger partial charge in [0.25, 0.3) is 0 Å². The van der Waals surface area contributed by atoms with Crippen molar-refractivity contribution in [3.8, 4) is 0 Å². The number of nitrogens with two attached hydrogens (primary N) is 1. The Bertz CT molecular complexity index is 466. The molecule has 0 aliphatic heterocycles. The largest absolute Gasteiger partial charge is 0.371 e. The maximum Gasteiger partial charge on any atom is 0.243 e. The van der Waals surface area contributed by atoms with Crippen molar-refractivity contribution in [1.29, 1.82) is 0 Å². The molecule has 0 spiro atoms. The van der Waals surface area contributed by atoms with Crippen LogP contribution in [0.4, 0.5) is 5.69 Å². The SMILES string of the molecule is Cc1ccc(NC2(C(N)=O)CCCC(C(C)C)C2)cc1. The van der Waals surface area contributed by atoms with E-state index in [2.05, 4.69) is 38.2 Å². The Morgan fingerprint density at radius 1 is 1.35 bits per heavy atom. The number of nitrogens with one attached hydrogen (secondary N) is 1. The van der Waals surface area contributed by atoms with Crippen molar-refractivity contribution in [2.24, 2.45) is 17.6 Å². The van der Waals surface area contributed by atoms with Crippen LogP contribution < -0.4 is 11.1 Å². The topological polar surface area (TPSA) is 55.1 Å². The highest BCUT2D eigenvalue weighted by Crippen LogP contribution is 2.38. The number of hydrogen-bond donors (Lipinski definition) is 2. The summed E-state index contributed by atoms with van der Waals surface area (Å²) in [5, 5.41) is 3.43. The van der Waals surface area contributed by atoms with E-state index in [0.29, 0.717) is 11.8 Å². The molecule has 110 valence electrons. The maximum absolute atomic E-state index is 12.1. The van der Waals surface area contributed by atoms with Gasteiger partial charge in [-0.05, 0) is 50.2 Å². The van der Waals surface area contributed by atoms with Gasteiger partial charge in [0.15, 0.2) is 0 Å². The van der Waals surface area contributed by atoms with E-state index in [1.54, 1.807) is 0 Å². The third-order valence-corrected chi connectivity index (χ3v) is 4.64. The van der Waals surface area contributed by atoms with Crippen LogP contribution in [0.5, 0.6) is 0 Å². The van der Waals surface area contributed by atoms with Gasteiger partial charge in [-0.1, -0.05) is 38.0 Å². The predicted molar refractivity (Wildman–Crippen MR) is 83.5 cm³/mol. The van der Waals surface area contributed by atoms with E-state index in [-0.39, 0.29) is 5.91 Å². The normalized spacial score (nSPS) is 26.5. The molecule has 3 N–H and O–H groups in total. The van der Waals surface area contributed by atoms with Crippen LogP contribution in [0.15, 0.2) is 24.3 Å². The summed E-state index contributed by atoms with van der Waals surface area (Å²) in [4.78, 5) is 12.1. The number of carbonyl (C=O) groups is 1. The molecule has 1 amide bonds. The molecule has 2 atom stereocenters. The number of benzene rings is 1. The minimum atomic E-state index is -0.581. The number of amides is 1. The van der Waals surface area contributed by atoms with E-state index >= 15 is 0 Å². The maximum atomic E-state index is 12.1. The van der Waals surface area contributed by atoms with Gasteiger partial charge in [-0.25, -0.2) is 0 Å². The highest BCUT2D eigenvalue weighted by molar-refractivity contribution is 5.88. The summed E-state index contributed by atoms with van der Waals surface area (Å²) >= 11 is 0. The molecule has 2 unspecified atom stereocenters. The first-order chi connectivity index (χ1) is 9.43. The summed E-state index contributed by atoms with van der Waals surface area (Å²) in [7, 11) is 0. The lowest BCUT2D eigenvalue weighted by molar-refractivity contribution is -0.124. The number of anilines is 1. The fourth-order valence-electron chi connectivity index (χ4n) is 3.20. The molecule has 1 saturated carbocycles. The fourth-order valence-corrected chi connectivity index (χ4v) is 3.20. The molecule has 1 aromatic rings. The summed E-state index contributed by atoms with van der Waals surface area (Å²) in [6.45, 7) is 6.52. The standard InChI is InChI=1S/C17H26N2O/c1-12(2)14-5-4-10-17(11-14,16(18)20)19-15-8-6-13(3)7-9-15/h6-9,12,14,19H,4-5,10-11H2,1-3H3,(H2,18,20). The zero-order chi connectivity index (χ0) is 14.8. The molecular formula is C17H26N2O. The predicted octanol–water partition coefficient (Wildman–Crippen LogP) is 3.48. The van der Waals surface area contributed by atoms with Gasteiger partial charge in [-0.2, -0.15) is 0 Å². The first kappa shape index (κ1) is 14.9. The van der Waals surface area contributed by atoms with Crippen molar-refractivity contribution < 1.29 is 4.79 Å². The molecule has 3 nitrogen and oxygen atoms in total. The van der Waals surface area contributed by atoms with Gasteiger partial charge in [0.05, 0.1) is 0 Å². The number of rotatable bonds is 4. The second-order valence-electron chi connectivity index (χ2n) is 6.54. The Labute approximate surface area is 121 Å². The van der Waals surface area contributed by atoms with Crippen molar-refractivity contribution in [3.63, 3.8) is 0 Å². The second-order valence-corrected chi connectivity index (χ2v) is 6.54. The van der Waals surface area contributed by atoms with Crippen LogP contribution in [-0.4, -0.2) is 11.4 Å². The van der Waals surface area contributed by atoms with Crippen LogP contribution in [0, 0.1) is 18.8 Å². The van der Waals surface area contributed by atoms with Crippen molar-refractivity contribution in [2.45, 2.75) is 52.0 Å². The fraction of sp³-hybridized carbons (Fsp3) is 0.588. The third-order valence-electron chi connectivity index (χ3n) is 4.64. The molecule has 20 heavy (non-hydrogen) atoms. The summed E-state index contributed by atoms with van der Waals surface area (Å²) in [5.74, 6) is 0.937. The monoisotopic (exact) mass is 274 g/mol. The van der Waals surface area contributed by atoms with Crippen molar-refractivity contribution in [2.75, 3.05) is 5.32 Å². The van der Waals surface area contributed by atoms with E-state index in [1.807, 2.05) is 12.1 Å². The average molecular weight is 274 g/mol. The minimum absolute atomic E-state index is 0.219. The van der Waals surface area contributed by atoms with Crippen molar-refractivity contribution >= 4 is 11.6 Å². The lowest BCUT2D eigenvalue weighted by Gasteiger charge is -2.41. The van der Waals surface area contributed by atoms with Gasteiger partial charge < -0.3 is 11.1 Å². The molecule has 0 aromatic heterocycles. The Hall–Kier alpha value is -1.51. The van der Waals surface area contributed by atoms with Crippen LogP contribution in [0.3, 0.4) is 0 Å². The zero-order valence-electron chi connectivity index (χ0n) is 12.8. The highest BCUT2D eigenvalue weighted by atomic mass is 16.1. The molecule has 0 heterocycles. The summed E-state index contributed by atoms with van der Waals surface area (Å²) in [6, 6.07) is 8.16. The number of carbonyl (C=O) groups excluding carboxylic acids is 1. The molecule has 2 rings (SSSR count). The van der Waals surface area contributed by atoms with E-state index in [0.717, 1.165) is 24.9 Å². The van der Waals surface area contributed by atoms with Crippen LogP contribution in [0.1, 0.15) is 45.1 Å². The van der Waals surface area contributed by atoms with Gasteiger partial charge in [-0.15, -0.1) is 0 Å². The smallest absolute Gasteiger partial charge is 0.243 e. The van der Waals surface area contributed by atoms with Crippen LogP contribution in [0.25, 0.3) is 0 Å². The summed E-state index contributed by atoms with van der Waals surface area (Å²) < 4.78 is 0. The quantitative estimate of drug-likeness (QED) is 0.883. The molecular weight excluding hydrogens is 248 g/mol. The van der Waals surface area contributed by atoms with Gasteiger partial charge in [0, 0.05) is 5.69 Å². The second kappa shape index (κ2) is 5.86. The Balaban J connectivity index is 2.21. The first-order valence-corrected chi connectivity index (χ1v) is 7.58. The number of primary amides is 1. The highest BCUT2D eigenvalue weighted by Gasteiger charge is 2.42. The number of hydrogen-bond acceptors (Lipinski definition) is 2. The average Bonchev–Trinajstić information content (AvgIpc) is 2.41. The molecule has 1 aliphatic rings. The van der Waals surface area contributed by atoms with E-state index < -0.39 is 5.54 Å². The Kier molecular flexibility index (Phi) is 4.36. The van der Waals surface area contributed by atoms with Gasteiger partial charge in [0.2, 0.25) is 5.91 Å². The van der Waals surface area contributed by atoms with Crippen LogP contribution in [0.2, 0.25) is 0 Å². The zero-order valence-corrected chi connectivity index (χ0v) is 12.8. The van der Waals surface area contributed by atoms with Crippen molar-refractivity contribution in [1.82, 2.24) is 0 Å². The van der Waals surface area contributed by atoms with Gasteiger partial charge in [-0.3, -0.25) is 4.79 Å². The molecule has 0 saturated heterocycles. The first-order valence-electron chi connectivity index (χ1n) is 7.58. The molecule has 1 fully saturated rings. The van der Waals surface area contributed by atoms with Crippen molar-refractivity contribution in [3.05, 3.63) is 29.8 Å². The van der Waals surface area contributed by atoms with Crippen LogP contribution >= 0.6 is 0 Å². The Morgan fingerprint density at radius 3 is 2.55 bits per heavy atom.